The number of carbonyl (C=O) groups is 2. The summed E-state index contributed by atoms with van der Waals surface area (Å²) in [4.78, 5) is 22.8. The zero-order chi connectivity index (χ0) is 15.0. The lowest BCUT2D eigenvalue weighted by Crippen LogP contribution is -2.32. The highest BCUT2D eigenvalue weighted by Crippen LogP contribution is 2.12. The van der Waals surface area contributed by atoms with E-state index in [0.717, 1.165) is 0 Å². The second-order valence-electron chi connectivity index (χ2n) is 4.73. The zero-order valence-corrected chi connectivity index (χ0v) is 11.6. The van der Waals surface area contributed by atoms with Gasteiger partial charge in [0.2, 0.25) is 11.8 Å². The number of benzene rings is 1. The van der Waals surface area contributed by atoms with Gasteiger partial charge in [-0.25, -0.2) is 5.43 Å². The molecule has 0 saturated heterocycles. The van der Waals surface area contributed by atoms with Crippen LogP contribution in [-0.4, -0.2) is 29.7 Å². The van der Waals surface area contributed by atoms with Gasteiger partial charge in [0.1, 0.15) is 12.2 Å². The van der Waals surface area contributed by atoms with Gasteiger partial charge in [-0.05, 0) is 18.1 Å². The SMILES string of the molecule is CC(C)CNC(=O)CC(=O)NN=Cc1ccccc1O. The molecular formula is C14H19N3O3. The highest BCUT2D eigenvalue weighted by molar-refractivity contribution is 5.97. The predicted molar refractivity (Wildman–Crippen MR) is 76.3 cm³/mol. The van der Waals surface area contributed by atoms with E-state index in [0.29, 0.717) is 18.0 Å². The summed E-state index contributed by atoms with van der Waals surface area (Å²) in [5, 5.41) is 15.8. The number of hydrogen-bond donors (Lipinski definition) is 3. The van der Waals surface area contributed by atoms with E-state index in [2.05, 4.69) is 15.8 Å². The molecule has 0 aliphatic rings. The lowest BCUT2D eigenvalue weighted by atomic mass is 10.2. The molecule has 1 rings (SSSR count). The number of nitrogens with one attached hydrogen (secondary N) is 2. The van der Waals surface area contributed by atoms with Crippen molar-refractivity contribution in [2.45, 2.75) is 20.3 Å². The van der Waals surface area contributed by atoms with Crippen LogP contribution in [-0.2, 0) is 9.59 Å². The van der Waals surface area contributed by atoms with E-state index in [4.69, 9.17) is 0 Å². The molecule has 0 bridgehead atoms. The summed E-state index contributed by atoms with van der Waals surface area (Å²) in [6.45, 7) is 4.47. The summed E-state index contributed by atoms with van der Waals surface area (Å²) >= 11 is 0. The molecule has 0 aliphatic heterocycles. The maximum absolute atomic E-state index is 11.4. The van der Waals surface area contributed by atoms with Crippen LogP contribution in [0.1, 0.15) is 25.8 Å². The average Bonchev–Trinajstić information content (AvgIpc) is 2.38. The summed E-state index contributed by atoms with van der Waals surface area (Å²) < 4.78 is 0. The van der Waals surface area contributed by atoms with Gasteiger partial charge in [-0.1, -0.05) is 26.0 Å². The molecule has 0 unspecified atom stereocenters. The number of carbonyl (C=O) groups excluding carboxylic acids is 2. The maximum Gasteiger partial charge on any atom is 0.249 e. The number of rotatable bonds is 6. The monoisotopic (exact) mass is 277 g/mol. The van der Waals surface area contributed by atoms with Crippen LogP contribution in [0.25, 0.3) is 0 Å². The Morgan fingerprint density at radius 3 is 2.65 bits per heavy atom. The smallest absolute Gasteiger partial charge is 0.249 e. The Labute approximate surface area is 117 Å². The minimum absolute atomic E-state index is 0.0696. The van der Waals surface area contributed by atoms with Crippen LogP contribution in [0.15, 0.2) is 29.4 Å². The first-order valence-corrected chi connectivity index (χ1v) is 6.35. The van der Waals surface area contributed by atoms with Crippen molar-refractivity contribution in [3.05, 3.63) is 29.8 Å². The molecule has 2 amide bonds. The number of phenolic OH excluding ortho intramolecular Hbond substituents is 1. The molecule has 0 fully saturated rings. The normalized spacial score (nSPS) is 10.8. The van der Waals surface area contributed by atoms with Crippen LogP contribution in [0.4, 0.5) is 0 Å². The summed E-state index contributed by atoms with van der Waals surface area (Å²) in [5.74, 6) is -0.437. The van der Waals surface area contributed by atoms with Crippen molar-refractivity contribution in [1.82, 2.24) is 10.7 Å². The maximum atomic E-state index is 11.4. The van der Waals surface area contributed by atoms with Crippen LogP contribution in [0, 0.1) is 5.92 Å². The summed E-state index contributed by atoms with van der Waals surface area (Å²) in [6.07, 6.45) is 1.05. The largest absolute Gasteiger partial charge is 0.507 e. The van der Waals surface area contributed by atoms with Crippen LogP contribution >= 0.6 is 0 Å². The van der Waals surface area contributed by atoms with Crippen molar-refractivity contribution in [3.63, 3.8) is 0 Å². The first-order valence-electron chi connectivity index (χ1n) is 6.35. The van der Waals surface area contributed by atoms with Crippen molar-refractivity contribution in [3.8, 4) is 5.75 Å². The van der Waals surface area contributed by atoms with Gasteiger partial charge in [-0.2, -0.15) is 5.10 Å². The Kier molecular flexibility index (Phi) is 6.22. The van der Waals surface area contributed by atoms with Crippen LogP contribution in [0.2, 0.25) is 0 Å². The highest BCUT2D eigenvalue weighted by atomic mass is 16.3. The van der Waals surface area contributed by atoms with Crippen molar-refractivity contribution in [2.75, 3.05) is 6.54 Å². The average molecular weight is 277 g/mol. The number of nitrogens with zero attached hydrogens (tertiary/aromatic N) is 1. The lowest BCUT2D eigenvalue weighted by molar-refractivity contribution is -0.129. The van der Waals surface area contributed by atoms with Crippen molar-refractivity contribution in [2.24, 2.45) is 11.0 Å². The third kappa shape index (κ3) is 5.99. The first kappa shape index (κ1) is 15.7. The number of amides is 2. The van der Waals surface area contributed by atoms with Gasteiger partial charge in [-0.15, -0.1) is 0 Å². The minimum Gasteiger partial charge on any atom is -0.507 e. The number of hydrazone groups is 1. The van der Waals surface area contributed by atoms with Crippen LogP contribution in [0.5, 0.6) is 5.75 Å². The van der Waals surface area contributed by atoms with E-state index in [-0.39, 0.29) is 18.1 Å². The quantitative estimate of drug-likeness (QED) is 0.411. The molecule has 0 aliphatic carbocycles. The fraction of sp³-hybridized carbons (Fsp3) is 0.357. The minimum atomic E-state index is -0.502. The Balaban J connectivity index is 2.36. The Bertz CT molecular complexity index is 498. The van der Waals surface area contributed by atoms with Gasteiger partial charge in [0, 0.05) is 12.1 Å². The van der Waals surface area contributed by atoms with E-state index in [1.807, 2.05) is 13.8 Å². The summed E-state index contributed by atoms with van der Waals surface area (Å²) in [7, 11) is 0. The molecule has 0 spiro atoms. The Hall–Kier alpha value is -2.37. The Morgan fingerprint density at radius 2 is 2.00 bits per heavy atom. The molecule has 0 saturated carbocycles. The van der Waals surface area contributed by atoms with E-state index in [1.54, 1.807) is 18.2 Å². The van der Waals surface area contributed by atoms with E-state index in [1.165, 1.54) is 12.3 Å². The van der Waals surface area contributed by atoms with Crippen molar-refractivity contribution in [1.29, 1.82) is 0 Å². The molecular weight excluding hydrogens is 258 g/mol. The Morgan fingerprint density at radius 1 is 1.30 bits per heavy atom. The molecule has 0 radical (unpaired) electrons. The van der Waals surface area contributed by atoms with Gasteiger partial charge in [0.15, 0.2) is 0 Å². The summed E-state index contributed by atoms with van der Waals surface area (Å²) in [5.41, 5.74) is 2.72. The molecule has 0 heterocycles. The summed E-state index contributed by atoms with van der Waals surface area (Å²) in [6, 6.07) is 6.59. The molecule has 108 valence electrons. The second-order valence-corrected chi connectivity index (χ2v) is 4.73. The van der Waals surface area contributed by atoms with E-state index >= 15 is 0 Å². The molecule has 0 aromatic heterocycles. The van der Waals surface area contributed by atoms with Gasteiger partial charge in [0.05, 0.1) is 6.21 Å². The highest BCUT2D eigenvalue weighted by Gasteiger charge is 2.08. The van der Waals surface area contributed by atoms with Crippen LogP contribution < -0.4 is 10.7 Å². The molecule has 1 aromatic carbocycles. The van der Waals surface area contributed by atoms with Gasteiger partial charge in [-0.3, -0.25) is 9.59 Å². The lowest BCUT2D eigenvalue weighted by Gasteiger charge is -2.06. The number of para-hydroxylation sites is 1. The third-order valence-corrected chi connectivity index (χ3v) is 2.36. The molecule has 1 aromatic rings. The fourth-order valence-corrected chi connectivity index (χ4v) is 1.34. The molecule has 0 atom stereocenters. The van der Waals surface area contributed by atoms with Gasteiger partial charge < -0.3 is 10.4 Å². The van der Waals surface area contributed by atoms with Gasteiger partial charge in [0.25, 0.3) is 0 Å². The second kappa shape index (κ2) is 7.93. The number of phenols is 1. The standard InChI is InChI=1S/C14H19N3O3/c1-10(2)8-15-13(19)7-14(20)17-16-9-11-5-3-4-6-12(11)18/h3-6,9-10,18H,7-8H2,1-2H3,(H,15,19)(H,17,20). The van der Waals surface area contributed by atoms with Crippen molar-refractivity contribution >= 4 is 18.0 Å². The first-order chi connectivity index (χ1) is 9.49. The molecule has 3 N–H and O–H groups in total. The molecule has 6 heteroatoms. The van der Waals surface area contributed by atoms with Gasteiger partial charge >= 0.3 is 0 Å². The van der Waals surface area contributed by atoms with Crippen molar-refractivity contribution < 1.29 is 14.7 Å². The number of hydrogen-bond acceptors (Lipinski definition) is 4. The number of aromatic hydroxyl groups is 1. The fourth-order valence-electron chi connectivity index (χ4n) is 1.34. The molecule has 20 heavy (non-hydrogen) atoms. The van der Waals surface area contributed by atoms with Crippen LogP contribution in [0.3, 0.4) is 0 Å². The predicted octanol–water partition coefficient (Wildman–Crippen LogP) is 1.00. The van der Waals surface area contributed by atoms with E-state index < -0.39 is 5.91 Å². The third-order valence-electron chi connectivity index (χ3n) is 2.36. The zero-order valence-electron chi connectivity index (χ0n) is 11.6. The molecule has 6 nitrogen and oxygen atoms in total. The van der Waals surface area contributed by atoms with E-state index in [9.17, 15) is 14.7 Å². The topological polar surface area (TPSA) is 90.8 Å².